The molecule has 3 heteroatoms. The molecule has 1 aliphatic rings. The van der Waals surface area contributed by atoms with Gasteiger partial charge in [0.25, 0.3) is 0 Å². The Morgan fingerprint density at radius 2 is 2.05 bits per heavy atom. The molecule has 1 aromatic carbocycles. The first-order chi connectivity index (χ1) is 9.00. The molecule has 1 saturated heterocycles. The summed E-state index contributed by atoms with van der Waals surface area (Å²) in [5.41, 5.74) is 8.79. The van der Waals surface area contributed by atoms with Gasteiger partial charge in [0.2, 0.25) is 0 Å². The van der Waals surface area contributed by atoms with Crippen molar-refractivity contribution < 1.29 is 4.39 Å². The van der Waals surface area contributed by atoms with Gasteiger partial charge in [-0.15, -0.1) is 0 Å². The molecule has 2 rings (SSSR count). The minimum Gasteiger partial charge on any atom is -0.369 e. The summed E-state index contributed by atoms with van der Waals surface area (Å²) in [7, 11) is 0. The summed E-state index contributed by atoms with van der Waals surface area (Å²) >= 11 is 0. The molecule has 0 amide bonds. The smallest absolute Gasteiger partial charge is 0.126 e. The van der Waals surface area contributed by atoms with Crippen LogP contribution in [-0.2, 0) is 0 Å². The quantitative estimate of drug-likeness (QED) is 0.877. The maximum Gasteiger partial charge on any atom is 0.126 e. The number of anilines is 1. The van der Waals surface area contributed by atoms with Gasteiger partial charge in [0.1, 0.15) is 5.82 Å². The molecule has 0 bridgehead atoms. The van der Waals surface area contributed by atoms with Gasteiger partial charge in [0, 0.05) is 24.3 Å². The third-order valence-corrected chi connectivity index (χ3v) is 4.16. The number of halogens is 1. The van der Waals surface area contributed by atoms with Gasteiger partial charge in [-0.05, 0) is 56.9 Å². The highest BCUT2D eigenvalue weighted by atomic mass is 19.1. The van der Waals surface area contributed by atoms with Crippen molar-refractivity contribution in [3.05, 3.63) is 29.1 Å². The standard InChI is InChI=1S/C16H25FN2/c1-11-9-16(14(13(3)18)10-15(11)17)19-8-6-4-5-7-12(19)2/h9-10,12-13H,4-8,18H2,1-3H3/t12?,13-/m1/s1. The van der Waals surface area contributed by atoms with Crippen LogP contribution in [0.4, 0.5) is 10.1 Å². The Hall–Kier alpha value is -1.09. The summed E-state index contributed by atoms with van der Waals surface area (Å²) in [6, 6.07) is 3.95. The topological polar surface area (TPSA) is 29.3 Å². The van der Waals surface area contributed by atoms with Gasteiger partial charge in [0.05, 0.1) is 0 Å². The average Bonchev–Trinajstić information content (AvgIpc) is 2.56. The number of aryl methyl sites for hydroxylation is 1. The van der Waals surface area contributed by atoms with E-state index in [0.717, 1.165) is 17.8 Å². The second-order valence-electron chi connectivity index (χ2n) is 5.84. The molecule has 2 N–H and O–H groups in total. The minimum atomic E-state index is -0.154. The molecule has 19 heavy (non-hydrogen) atoms. The molecule has 0 radical (unpaired) electrons. The normalized spacial score (nSPS) is 22.2. The molecule has 1 heterocycles. The lowest BCUT2D eigenvalue weighted by Crippen LogP contribution is -2.34. The molecular weight excluding hydrogens is 239 g/mol. The second kappa shape index (κ2) is 5.91. The van der Waals surface area contributed by atoms with Crippen LogP contribution in [0.25, 0.3) is 0 Å². The summed E-state index contributed by atoms with van der Waals surface area (Å²) in [5, 5.41) is 0. The van der Waals surface area contributed by atoms with E-state index in [1.807, 2.05) is 19.9 Å². The Bertz CT molecular complexity index is 443. The van der Waals surface area contributed by atoms with Gasteiger partial charge in [-0.2, -0.15) is 0 Å². The van der Waals surface area contributed by atoms with E-state index in [0.29, 0.717) is 11.6 Å². The van der Waals surface area contributed by atoms with Gasteiger partial charge in [-0.3, -0.25) is 0 Å². The second-order valence-corrected chi connectivity index (χ2v) is 5.84. The Morgan fingerprint density at radius 1 is 1.32 bits per heavy atom. The Labute approximate surface area is 115 Å². The molecule has 1 aliphatic heterocycles. The van der Waals surface area contributed by atoms with Gasteiger partial charge in [0.15, 0.2) is 0 Å². The number of hydrogen-bond donors (Lipinski definition) is 1. The van der Waals surface area contributed by atoms with E-state index < -0.39 is 0 Å². The summed E-state index contributed by atoms with van der Waals surface area (Å²) in [4.78, 5) is 2.41. The van der Waals surface area contributed by atoms with Crippen molar-refractivity contribution in [1.82, 2.24) is 0 Å². The Balaban J connectivity index is 2.43. The third kappa shape index (κ3) is 3.08. The van der Waals surface area contributed by atoms with Crippen molar-refractivity contribution in [3.63, 3.8) is 0 Å². The van der Waals surface area contributed by atoms with Crippen molar-refractivity contribution in [3.8, 4) is 0 Å². The molecule has 1 aromatic rings. The van der Waals surface area contributed by atoms with E-state index in [2.05, 4.69) is 11.8 Å². The SMILES string of the molecule is Cc1cc(N2CCCCCC2C)c([C@@H](C)N)cc1F. The van der Waals surface area contributed by atoms with E-state index in [4.69, 9.17) is 5.73 Å². The minimum absolute atomic E-state index is 0.138. The first kappa shape index (κ1) is 14.3. The molecule has 2 atom stereocenters. The van der Waals surface area contributed by atoms with Crippen molar-refractivity contribution in [1.29, 1.82) is 0 Å². The number of nitrogens with two attached hydrogens (primary N) is 1. The molecule has 0 spiro atoms. The van der Waals surface area contributed by atoms with Crippen LogP contribution in [0.15, 0.2) is 12.1 Å². The summed E-state index contributed by atoms with van der Waals surface area (Å²) < 4.78 is 13.8. The van der Waals surface area contributed by atoms with E-state index >= 15 is 0 Å². The average molecular weight is 264 g/mol. The van der Waals surface area contributed by atoms with Gasteiger partial charge in [-0.25, -0.2) is 4.39 Å². The van der Waals surface area contributed by atoms with E-state index in [1.54, 1.807) is 6.07 Å². The van der Waals surface area contributed by atoms with Crippen LogP contribution in [0.5, 0.6) is 0 Å². The maximum atomic E-state index is 13.8. The zero-order chi connectivity index (χ0) is 14.0. The van der Waals surface area contributed by atoms with Crippen LogP contribution in [0.3, 0.4) is 0 Å². The van der Waals surface area contributed by atoms with E-state index in [1.165, 1.54) is 25.7 Å². The van der Waals surface area contributed by atoms with Gasteiger partial charge in [-0.1, -0.05) is 12.8 Å². The zero-order valence-electron chi connectivity index (χ0n) is 12.2. The highest BCUT2D eigenvalue weighted by molar-refractivity contribution is 5.57. The highest BCUT2D eigenvalue weighted by Crippen LogP contribution is 2.32. The maximum absolute atomic E-state index is 13.8. The molecule has 106 valence electrons. The fourth-order valence-electron chi connectivity index (χ4n) is 2.93. The number of benzene rings is 1. The van der Waals surface area contributed by atoms with Crippen LogP contribution in [0.2, 0.25) is 0 Å². The lowest BCUT2D eigenvalue weighted by Gasteiger charge is -2.32. The van der Waals surface area contributed by atoms with Crippen LogP contribution in [0.1, 0.15) is 56.7 Å². The van der Waals surface area contributed by atoms with Crippen LogP contribution < -0.4 is 10.6 Å². The fraction of sp³-hybridized carbons (Fsp3) is 0.625. The number of nitrogens with zero attached hydrogens (tertiary/aromatic N) is 1. The predicted octanol–water partition coefficient (Wildman–Crippen LogP) is 3.92. The molecule has 0 aliphatic carbocycles. The van der Waals surface area contributed by atoms with Crippen LogP contribution in [0, 0.1) is 12.7 Å². The van der Waals surface area contributed by atoms with Gasteiger partial charge >= 0.3 is 0 Å². The Kier molecular flexibility index (Phi) is 4.46. The fourth-order valence-corrected chi connectivity index (χ4v) is 2.93. The predicted molar refractivity (Wildman–Crippen MR) is 79.0 cm³/mol. The molecular formula is C16H25FN2. The third-order valence-electron chi connectivity index (χ3n) is 4.16. The molecule has 2 nitrogen and oxygen atoms in total. The van der Waals surface area contributed by atoms with Gasteiger partial charge < -0.3 is 10.6 Å². The summed E-state index contributed by atoms with van der Waals surface area (Å²) in [6.45, 7) is 7.06. The first-order valence-electron chi connectivity index (χ1n) is 7.33. The van der Waals surface area contributed by atoms with Crippen LogP contribution >= 0.6 is 0 Å². The first-order valence-corrected chi connectivity index (χ1v) is 7.33. The number of rotatable bonds is 2. The zero-order valence-corrected chi connectivity index (χ0v) is 12.2. The molecule has 0 saturated carbocycles. The molecule has 0 aromatic heterocycles. The lowest BCUT2D eigenvalue weighted by molar-refractivity contribution is 0.599. The summed E-state index contributed by atoms with van der Waals surface area (Å²) in [6.07, 6.45) is 4.98. The van der Waals surface area contributed by atoms with Crippen molar-refractivity contribution in [2.45, 2.75) is 58.5 Å². The Morgan fingerprint density at radius 3 is 2.74 bits per heavy atom. The largest absolute Gasteiger partial charge is 0.369 e. The van der Waals surface area contributed by atoms with Crippen molar-refractivity contribution >= 4 is 5.69 Å². The molecule has 1 unspecified atom stereocenters. The molecule has 1 fully saturated rings. The van der Waals surface area contributed by atoms with Crippen LogP contribution in [-0.4, -0.2) is 12.6 Å². The van der Waals surface area contributed by atoms with Crippen molar-refractivity contribution in [2.24, 2.45) is 5.73 Å². The highest BCUT2D eigenvalue weighted by Gasteiger charge is 2.22. The van der Waals surface area contributed by atoms with E-state index in [9.17, 15) is 4.39 Å². The monoisotopic (exact) mass is 264 g/mol. The van der Waals surface area contributed by atoms with Crippen molar-refractivity contribution in [2.75, 3.05) is 11.4 Å². The lowest BCUT2D eigenvalue weighted by atomic mass is 10.0. The van der Waals surface area contributed by atoms with E-state index in [-0.39, 0.29) is 11.9 Å². The summed E-state index contributed by atoms with van der Waals surface area (Å²) in [5.74, 6) is -0.154. The number of hydrogen-bond acceptors (Lipinski definition) is 2.